The molecular weight excluding hydrogens is 426 g/mol. The average molecular weight is 456 g/mol. The quantitative estimate of drug-likeness (QED) is 0.565. The van der Waals surface area contributed by atoms with Crippen LogP contribution in [0.15, 0.2) is 53.4 Å². The molecule has 0 spiro atoms. The van der Waals surface area contributed by atoms with E-state index >= 15 is 0 Å². The van der Waals surface area contributed by atoms with Crippen LogP contribution in [0.25, 0.3) is 6.08 Å². The molecule has 2 aromatic carbocycles. The summed E-state index contributed by atoms with van der Waals surface area (Å²) in [7, 11) is -3.63. The van der Waals surface area contributed by atoms with Gasteiger partial charge in [-0.2, -0.15) is 4.31 Å². The molecule has 7 nitrogen and oxygen atoms in total. The minimum atomic E-state index is -3.63. The lowest BCUT2D eigenvalue weighted by molar-refractivity contribution is -0.111. The molecule has 2 N–H and O–H groups in total. The second-order valence-corrected chi connectivity index (χ2v) is 9.67. The van der Waals surface area contributed by atoms with Crippen molar-refractivity contribution < 1.29 is 18.0 Å². The Bertz CT molecular complexity index is 1120. The van der Waals surface area contributed by atoms with Crippen molar-refractivity contribution in [2.75, 3.05) is 18.4 Å². The summed E-state index contributed by atoms with van der Waals surface area (Å²) in [6.07, 6.45) is 5.08. The normalized spacial score (nSPS) is 14.0. The Morgan fingerprint density at radius 2 is 1.72 bits per heavy atom. The summed E-state index contributed by atoms with van der Waals surface area (Å²) in [6, 6.07) is 12.1. The Kier molecular flexibility index (Phi) is 7.48. The number of hydrogen-bond acceptors (Lipinski definition) is 4. The van der Waals surface area contributed by atoms with E-state index in [0.29, 0.717) is 35.9 Å². The lowest BCUT2D eigenvalue weighted by Crippen LogP contribution is -2.31. The van der Waals surface area contributed by atoms with Crippen molar-refractivity contribution in [3.05, 3.63) is 65.2 Å². The zero-order chi connectivity index (χ0) is 23.3. The number of sulfonamides is 1. The van der Waals surface area contributed by atoms with Gasteiger partial charge in [0.25, 0.3) is 5.91 Å². The summed E-state index contributed by atoms with van der Waals surface area (Å²) in [6.45, 7) is 6.06. The summed E-state index contributed by atoms with van der Waals surface area (Å²) in [5.41, 5.74) is 2.39. The number of benzene rings is 2. The molecule has 170 valence electrons. The number of amides is 2. The highest BCUT2D eigenvalue weighted by atomic mass is 32.2. The average Bonchev–Trinajstić information content (AvgIpc) is 3.58. The number of anilines is 1. The van der Waals surface area contributed by atoms with Crippen LogP contribution in [0.1, 0.15) is 48.2 Å². The fourth-order valence-corrected chi connectivity index (χ4v) is 4.97. The molecule has 0 radical (unpaired) electrons. The summed E-state index contributed by atoms with van der Waals surface area (Å²) in [5.74, 6) is -0.466. The number of carbonyl (C=O) groups is 2. The minimum absolute atomic E-state index is 0.0874. The minimum Gasteiger partial charge on any atom is -0.349 e. The number of nitrogens with one attached hydrogen (secondary N) is 2. The van der Waals surface area contributed by atoms with Crippen molar-refractivity contribution in [3.63, 3.8) is 0 Å². The van der Waals surface area contributed by atoms with Gasteiger partial charge in [0.05, 0.1) is 4.90 Å². The number of hydrogen-bond donors (Lipinski definition) is 2. The second-order valence-electron chi connectivity index (χ2n) is 7.76. The van der Waals surface area contributed by atoms with Crippen molar-refractivity contribution in [2.45, 2.75) is 44.6 Å². The van der Waals surface area contributed by atoms with Gasteiger partial charge >= 0.3 is 0 Å². The lowest BCUT2D eigenvalue weighted by Gasteiger charge is -2.20. The Morgan fingerprint density at radius 1 is 1.06 bits per heavy atom. The highest BCUT2D eigenvalue weighted by Gasteiger charge is 2.24. The van der Waals surface area contributed by atoms with E-state index in [1.54, 1.807) is 63.2 Å². The maximum atomic E-state index is 12.9. The maximum absolute atomic E-state index is 12.9. The molecule has 1 saturated carbocycles. The first-order chi connectivity index (χ1) is 15.2. The molecule has 2 aromatic rings. The molecule has 0 unspecified atom stereocenters. The van der Waals surface area contributed by atoms with E-state index in [-0.39, 0.29) is 16.7 Å². The zero-order valence-electron chi connectivity index (χ0n) is 18.6. The Hall–Kier alpha value is -2.97. The van der Waals surface area contributed by atoms with Gasteiger partial charge in [-0.25, -0.2) is 8.42 Å². The topological polar surface area (TPSA) is 95.6 Å². The number of rotatable bonds is 9. The lowest BCUT2D eigenvalue weighted by atomic mass is 10.1. The molecule has 8 heteroatoms. The molecule has 0 saturated heterocycles. The molecule has 1 aliphatic carbocycles. The number of nitrogens with zero attached hydrogens (tertiary/aromatic N) is 1. The zero-order valence-corrected chi connectivity index (χ0v) is 19.4. The molecule has 2 amide bonds. The van der Waals surface area contributed by atoms with Crippen LogP contribution in [0.3, 0.4) is 0 Å². The van der Waals surface area contributed by atoms with Crippen molar-refractivity contribution in [1.29, 1.82) is 0 Å². The Balaban J connectivity index is 1.67. The summed E-state index contributed by atoms with van der Waals surface area (Å²) in [5, 5.41) is 5.65. The van der Waals surface area contributed by atoms with E-state index in [0.717, 1.165) is 18.4 Å². The van der Waals surface area contributed by atoms with E-state index in [4.69, 9.17) is 0 Å². The standard InChI is InChI=1S/C24H29N3O4S/c1-4-27(5-2)32(30,31)22-16-21(12-6-17(22)3)25-23(28)15-9-18-7-10-19(11-8-18)24(29)26-20-13-14-20/h6-12,15-16,20H,4-5,13-14H2,1-3H3,(H,25,28)(H,26,29)/b15-9+. The molecule has 0 aliphatic heterocycles. The van der Waals surface area contributed by atoms with Gasteiger partial charge < -0.3 is 10.6 Å². The maximum Gasteiger partial charge on any atom is 0.251 e. The predicted octanol–water partition coefficient (Wildman–Crippen LogP) is 3.57. The van der Waals surface area contributed by atoms with E-state index in [2.05, 4.69) is 10.6 Å². The van der Waals surface area contributed by atoms with Crippen LogP contribution in [0.5, 0.6) is 0 Å². The van der Waals surface area contributed by atoms with Gasteiger partial charge in [0.2, 0.25) is 15.9 Å². The van der Waals surface area contributed by atoms with Gasteiger partial charge in [-0.3, -0.25) is 9.59 Å². The molecule has 32 heavy (non-hydrogen) atoms. The van der Waals surface area contributed by atoms with Crippen LogP contribution in [-0.2, 0) is 14.8 Å². The number of aryl methyl sites for hydroxylation is 1. The van der Waals surface area contributed by atoms with Crippen molar-refractivity contribution in [2.24, 2.45) is 0 Å². The van der Waals surface area contributed by atoms with Crippen molar-refractivity contribution >= 4 is 33.6 Å². The largest absolute Gasteiger partial charge is 0.349 e. The van der Waals surface area contributed by atoms with Gasteiger partial charge in [0.1, 0.15) is 0 Å². The Labute approximate surface area is 189 Å². The molecule has 0 aromatic heterocycles. The van der Waals surface area contributed by atoms with E-state index in [1.807, 2.05) is 0 Å². The van der Waals surface area contributed by atoms with Gasteiger partial charge in [-0.15, -0.1) is 0 Å². The Morgan fingerprint density at radius 3 is 2.31 bits per heavy atom. The van der Waals surface area contributed by atoms with Crippen LogP contribution in [0, 0.1) is 6.92 Å². The van der Waals surface area contributed by atoms with Crippen LogP contribution in [0.2, 0.25) is 0 Å². The molecule has 1 aliphatic rings. The number of carbonyl (C=O) groups excluding carboxylic acids is 2. The third-order valence-corrected chi connectivity index (χ3v) is 7.48. The monoisotopic (exact) mass is 455 g/mol. The van der Waals surface area contributed by atoms with Crippen LogP contribution >= 0.6 is 0 Å². The first-order valence-corrected chi connectivity index (χ1v) is 12.2. The van der Waals surface area contributed by atoms with E-state index in [1.165, 1.54) is 16.4 Å². The molecular formula is C24H29N3O4S. The smallest absolute Gasteiger partial charge is 0.251 e. The first-order valence-electron chi connectivity index (χ1n) is 10.8. The fourth-order valence-electron chi connectivity index (χ4n) is 3.26. The second kappa shape index (κ2) is 10.1. The van der Waals surface area contributed by atoms with Crippen LogP contribution in [0.4, 0.5) is 5.69 Å². The molecule has 3 rings (SSSR count). The van der Waals surface area contributed by atoms with Crippen molar-refractivity contribution in [3.8, 4) is 0 Å². The molecule has 0 heterocycles. The van der Waals surface area contributed by atoms with E-state index < -0.39 is 10.0 Å². The highest BCUT2D eigenvalue weighted by Crippen LogP contribution is 2.24. The van der Waals surface area contributed by atoms with Crippen LogP contribution in [-0.4, -0.2) is 43.7 Å². The van der Waals surface area contributed by atoms with Gasteiger partial charge in [-0.05, 0) is 61.2 Å². The van der Waals surface area contributed by atoms with Gasteiger partial charge in [0.15, 0.2) is 0 Å². The third kappa shape index (κ3) is 5.83. The van der Waals surface area contributed by atoms with E-state index in [9.17, 15) is 18.0 Å². The van der Waals surface area contributed by atoms with Gasteiger partial charge in [0, 0.05) is 36.5 Å². The highest BCUT2D eigenvalue weighted by molar-refractivity contribution is 7.89. The molecule has 0 bridgehead atoms. The molecule has 1 fully saturated rings. The van der Waals surface area contributed by atoms with Gasteiger partial charge in [-0.1, -0.05) is 32.0 Å². The molecule has 0 atom stereocenters. The summed E-state index contributed by atoms with van der Waals surface area (Å²) in [4.78, 5) is 24.6. The summed E-state index contributed by atoms with van der Waals surface area (Å²) >= 11 is 0. The first kappa shape index (κ1) is 23.7. The SMILES string of the molecule is CCN(CC)S(=O)(=O)c1cc(NC(=O)/C=C/c2ccc(C(=O)NC3CC3)cc2)ccc1C. The predicted molar refractivity (Wildman–Crippen MR) is 126 cm³/mol. The fraction of sp³-hybridized carbons (Fsp3) is 0.333. The third-order valence-electron chi connectivity index (χ3n) is 5.29. The van der Waals surface area contributed by atoms with Crippen LogP contribution < -0.4 is 10.6 Å². The van der Waals surface area contributed by atoms with Crippen molar-refractivity contribution in [1.82, 2.24) is 9.62 Å². The summed E-state index contributed by atoms with van der Waals surface area (Å²) < 4.78 is 27.1.